The van der Waals surface area contributed by atoms with E-state index in [0.717, 1.165) is 11.3 Å². The molecule has 0 saturated heterocycles. The highest BCUT2D eigenvalue weighted by Gasteiger charge is 2.45. The van der Waals surface area contributed by atoms with Crippen LogP contribution in [-0.4, -0.2) is 16.7 Å². The highest BCUT2D eigenvalue weighted by atomic mass is 35.5. The summed E-state index contributed by atoms with van der Waals surface area (Å²) < 4.78 is 5.90. The maximum Gasteiger partial charge on any atom is 0.297 e. The van der Waals surface area contributed by atoms with Crippen LogP contribution >= 0.6 is 34.5 Å². The van der Waals surface area contributed by atoms with Crippen molar-refractivity contribution in [1.82, 2.24) is 4.98 Å². The van der Waals surface area contributed by atoms with Crippen molar-refractivity contribution in [3.05, 3.63) is 90.2 Å². The van der Waals surface area contributed by atoms with E-state index < -0.39 is 11.9 Å². The Morgan fingerprint density at radius 2 is 1.88 bits per heavy atom. The summed E-state index contributed by atoms with van der Waals surface area (Å²) in [5.41, 5.74) is 1.23. The first-order chi connectivity index (χ1) is 15.3. The van der Waals surface area contributed by atoms with Crippen molar-refractivity contribution in [2.45, 2.75) is 19.9 Å². The molecule has 0 saturated carbocycles. The first-order valence-corrected chi connectivity index (χ1v) is 11.2. The third-order valence-electron chi connectivity index (χ3n) is 5.31. The highest BCUT2D eigenvalue weighted by Crippen LogP contribution is 2.43. The summed E-state index contributed by atoms with van der Waals surface area (Å²) in [6, 6.07) is 10.8. The minimum atomic E-state index is -0.818. The zero-order chi connectivity index (χ0) is 22.7. The molecule has 32 heavy (non-hydrogen) atoms. The van der Waals surface area contributed by atoms with Gasteiger partial charge in [0.1, 0.15) is 5.58 Å². The van der Waals surface area contributed by atoms with Gasteiger partial charge < -0.3 is 4.42 Å². The topological polar surface area (TPSA) is 80.5 Å². The predicted molar refractivity (Wildman–Crippen MR) is 124 cm³/mol. The second-order valence-electron chi connectivity index (χ2n) is 7.41. The number of carbonyl (C=O) groups is 2. The fraction of sp³-hybridized carbons (Fsp3) is 0.130. The van der Waals surface area contributed by atoms with Gasteiger partial charge in [-0.15, -0.1) is 0 Å². The molecule has 0 spiro atoms. The lowest BCUT2D eigenvalue weighted by atomic mass is 9.99. The zero-order valence-electron chi connectivity index (χ0n) is 16.8. The van der Waals surface area contributed by atoms with Gasteiger partial charge in [0.05, 0.1) is 27.6 Å². The molecule has 0 fully saturated rings. The van der Waals surface area contributed by atoms with Crippen molar-refractivity contribution in [3.63, 3.8) is 0 Å². The molecule has 1 unspecified atom stereocenters. The average Bonchev–Trinajstić information content (AvgIpc) is 3.26. The van der Waals surface area contributed by atoms with E-state index in [1.807, 2.05) is 0 Å². The van der Waals surface area contributed by atoms with Gasteiger partial charge in [-0.25, -0.2) is 4.98 Å². The lowest BCUT2D eigenvalue weighted by Crippen LogP contribution is -2.29. The number of hydrogen-bond acceptors (Lipinski definition) is 6. The van der Waals surface area contributed by atoms with Crippen molar-refractivity contribution in [2.75, 3.05) is 4.90 Å². The van der Waals surface area contributed by atoms with Gasteiger partial charge in [-0.2, -0.15) is 0 Å². The molecule has 1 amide bonds. The van der Waals surface area contributed by atoms with Gasteiger partial charge in [-0.3, -0.25) is 19.3 Å². The van der Waals surface area contributed by atoms with Gasteiger partial charge in [0.15, 0.2) is 16.3 Å². The smallest absolute Gasteiger partial charge is 0.297 e. The molecule has 4 aromatic rings. The van der Waals surface area contributed by atoms with Crippen molar-refractivity contribution in [2.24, 2.45) is 0 Å². The van der Waals surface area contributed by atoms with Crippen LogP contribution in [0.3, 0.4) is 0 Å². The number of ketones is 1. The number of anilines is 1. The number of halogens is 2. The summed E-state index contributed by atoms with van der Waals surface area (Å²) in [6.07, 6.45) is 0. The SMILES string of the molecule is CC(=O)c1sc(N2C(=O)c3oc4ccc(Cl)cc4c(=O)c3C2c2cccc(Cl)c2)nc1C. The maximum atomic E-state index is 13.5. The Bertz CT molecular complexity index is 1510. The number of fused-ring (bicyclic) bond motifs is 2. The molecule has 0 bridgehead atoms. The number of amides is 1. The van der Waals surface area contributed by atoms with E-state index in [-0.39, 0.29) is 33.5 Å². The van der Waals surface area contributed by atoms with Crippen LogP contribution < -0.4 is 10.3 Å². The summed E-state index contributed by atoms with van der Waals surface area (Å²) in [5, 5.41) is 1.41. The van der Waals surface area contributed by atoms with Crippen LogP contribution in [0, 0.1) is 6.92 Å². The molecular weight excluding hydrogens is 471 g/mol. The van der Waals surface area contributed by atoms with E-state index in [0.29, 0.717) is 31.3 Å². The standard InChI is InChI=1S/C23H14Cl2N2O4S/c1-10-21(11(2)28)32-23(26-10)27-18(12-4-3-5-13(24)8-12)17-19(29)15-9-14(25)6-7-16(15)31-20(17)22(27)30/h3-9,18H,1-2H3. The summed E-state index contributed by atoms with van der Waals surface area (Å²) in [7, 11) is 0. The minimum absolute atomic E-state index is 0.0629. The van der Waals surface area contributed by atoms with Crippen LogP contribution in [-0.2, 0) is 0 Å². The van der Waals surface area contributed by atoms with E-state index >= 15 is 0 Å². The molecule has 5 rings (SSSR count). The number of rotatable bonds is 3. The largest absolute Gasteiger partial charge is 0.450 e. The van der Waals surface area contributed by atoms with Crippen LogP contribution in [0.5, 0.6) is 0 Å². The Balaban J connectivity index is 1.82. The number of Topliss-reactive ketones (excluding diaryl/α,β-unsaturated/α-hetero) is 1. The van der Waals surface area contributed by atoms with Gasteiger partial charge in [0.2, 0.25) is 5.76 Å². The van der Waals surface area contributed by atoms with Gasteiger partial charge in [0, 0.05) is 17.0 Å². The number of thiazole rings is 1. The molecule has 1 aliphatic heterocycles. The molecule has 0 N–H and O–H groups in total. The Hall–Kier alpha value is -3.00. The van der Waals surface area contributed by atoms with Crippen molar-refractivity contribution < 1.29 is 14.0 Å². The molecule has 6 nitrogen and oxygen atoms in total. The van der Waals surface area contributed by atoms with Gasteiger partial charge >= 0.3 is 0 Å². The summed E-state index contributed by atoms with van der Waals surface area (Å²) in [6.45, 7) is 3.15. The summed E-state index contributed by atoms with van der Waals surface area (Å²) >= 11 is 13.4. The Morgan fingerprint density at radius 3 is 2.56 bits per heavy atom. The monoisotopic (exact) mass is 484 g/mol. The number of hydrogen-bond donors (Lipinski definition) is 0. The second-order valence-corrected chi connectivity index (χ2v) is 9.26. The normalized spacial score (nSPS) is 15.4. The molecule has 160 valence electrons. The highest BCUT2D eigenvalue weighted by molar-refractivity contribution is 7.17. The number of benzene rings is 2. The molecule has 0 aliphatic carbocycles. The van der Waals surface area contributed by atoms with Crippen LogP contribution in [0.4, 0.5) is 5.13 Å². The molecule has 9 heteroatoms. The van der Waals surface area contributed by atoms with E-state index in [9.17, 15) is 14.4 Å². The Kier molecular flexibility index (Phi) is 4.93. The van der Waals surface area contributed by atoms with Crippen molar-refractivity contribution >= 4 is 62.3 Å². The molecule has 1 aliphatic rings. The molecule has 3 heterocycles. The average molecular weight is 485 g/mol. The third kappa shape index (κ3) is 3.16. The van der Waals surface area contributed by atoms with Crippen LogP contribution in [0.25, 0.3) is 11.0 Å². The second kappa shape index (κ2) is 7.55. The van der Waals surface area contributed by atoms with Crippen LogP contribution in [0.15, 0.2) is 51.7 Å². The first kappa shape index (κ1) is 20.9. The van der Waals surface area contributed by atoms with E-state index in [2.05, 4.69) is 4.98 Å². The van der Waals surface area contributed by atoms with E-state index in [1.165, 1.54) is 17.9 Å². The van der Waals surface area contributed by atoms with Crippen LogP contribution in [0.1, 0.15) is 50.0 Å². The van der Waals surface area contributed by atoms with Crippen LogP contribution in [0.2, 0.25) is 10.0 Å². The fourth-order valence-corrected chi connectivity index (χ4v) is 5.31. The third-order valence-corrected chi connectivity index (χ3v) is 7.04. The fourth-order valence-electron chi connectivity index (χ4n) is 3.95. The lowest BCUT2D eigenvalue weighted by Gasteiger charge is -2.22. The first-order valence-electron chi connectivity index (χ1n) is 9.60. The Labute approximate surface area is 196 Å². The maximum absolute atomic E-state index is 13.5. The lowest BCUT2D eigenvalue weighted by molar-refractivity contribution is 0.0969. The molecule has 1 atom stereocenters. The minimum Gasteiger partial charge on any atom is -0.450 e. The molecular formula is C23H14Cl2N2O4S. The quantitative estimate of drug-likeness (QED) is 0.342. The number of aromatic nitrogens is 1. The predicted octanol–water partition coefficient (Wildman–Crippen LogP) is 5.82. The number of carbonyl (C=O) groups excluding carboxylic acids is 2. The van der Waals surface area contributed by atoms with Gasteiger partial charge in [0.25, 0.3) is 5.91 Å². The zero-order valence-corrected chi connectivity index (χ0v) is 19.1. The summed E-state index contributed by atoms with van der Waals surface area (Å²) in [5.74, 6) is -0.723. The molecule has 2 aromatic carbocycles. The van der Waals surface area contributed by atoms with Gasteiger partial charge in [-0.1, -0.05) is 46.7 Å². The summed E-state index contributed by atoms with van der Waals surface area (Å²) in [4.78, 5) is 45.4. The van der Waals surface area contributed by atoms with Crippen molar-refractivity contribution in [3.8, 4) is 0 Å². The van der Waals surface area contributed by atoms with Gasteiger partial charge in [-0.05, 0) is 42.8 Å². The Morgan fingerprint density at radius 1 is 1.12 bits per heavy atom. The number of nitrogens with zero attached hydrogens (tertiary/aromatic N) is 2. The molecule has 0 radical (unpaired) electrons. The molecule has 2 aromatic heterocycles. The van der Waals surface area contributed by atoms with Crippen molar-refractivity contribution in [1.29, 1.82) is 0 Å². The van der Waals surface area contributed by atoms with E-state index in [4.69, 9.17) is 27.6 Å². The number of aryl methyl sites for hydroxylation is 1. The van der Waals surface area contributed by atoms with E-state index in [1.54, 1.807) is 43.3 Å².